The van der Waals surface area contributed by atoms with Crippen molar-refractivity contribution in [3.8, 4) is 5.75 Å². The van der Waals surface area contributed by atoms with E-state index in [4.69, 9.17) is 21.1 Å². The summed E-state index contributed by atoms with van der Waals surface area (Å²) in [5.41, 5.74) is 0. The first-order chi connectivity index (χ1) is 8.11. The van der Waals surface area contributed by atoms with Crippen molar-refractivity contribution < 1.29 is 14.6 Å². The Morgan fingerprint density at radius 1 is 1.53 bits per heavy atom. The van der Waals surface area contributed by atoms with Crippen LogP contribution in [0.25, 0.3) is 0 Å². The molecular formula is C12H14BrClO3. The summed E-state index contributed by atoms with van der Waals surface area (Å²) in [6.07, 6.45) is -0.157. The van der Waals surface area contributed by atoms with E-state index in [0.29, 0.717) is 18.1 Å². The van der Waals surface area contributed by atoms with Crippen molar-refractivity contribution in [3.63, 3.8) is 0 Å². The second-order valence-corrected chi connectivity index (χ2v) is 5.24. The molecule has 0 saturated heterocycles. The Balaban J connectivity index is 2.01. The lowest BCUT2D eigenvalue weighted by atomic mass is 9.88. The third kappa shape index (κ3) is 2.94. The van der Waals surface area contributed by atoms with Gasteiger partial charge in [-0.15, -0.1) is 0 Å². The van der Waals surface area contributed by atoms with Crippen LogP contribution in [0.1, 0.15) is 13.3 Å². The molecule has 3 unspecified atom stereocenters. The molecular weight excluding hydrogens is 307 g/mol. The van der Waals surface area contributed by atoms with E-state index in [9.17, 15) is 5.11 Å². The maximum atomic E-state index is 9.56. The average molecular weight is 322 g/mol. The Kier molecular flexibility index (Phi) is 4.31. The zero-order chi connectivity index (χ0) is 12.4. The van der Waals surface area contributed by atoms with E-state index in [0.717, 1.165) is 10.2 Å². The molecule has 0 spiro atoms. The smallest absolute Gasteiger partial charge is 0.134 e. The number of halogens is 2. The predicted molar refractivity (Wildman–Crippen MR) is 69.6 cm³/mol. The molecule has 0 heterocycles. The summed E-state index contributed by atoms with van der Waals surface area (Å²) in [5.74, 6) is 0.719. The predicted octanol–water partition coefficient (Wildman–Crippen LogP) is 3.02. The molecule has 1 aromatic rings. The van der Waals surface area contributed by atoms with E-state index in [-0.39, 0.29) is 12.2 Å². The summed E-state index contributed by atoms with van der Waals surface area (Å²) in [6, 6.07) is 5.36. The monoisotopic (exact) mass is 320 g/mol. The lowest BCUT2D eigenvalue weighted by Gasteiger charge is -2.40. The van der Waals surface area contributed by atoms with Gasteiger partial charge in [-0.05, 0) is 41.1 Å². The Bertz CT molecular complexity index is 399. The van der Waals surface area contributed by atoms with E-state index >= 15 is 0 Å². The minimum Gasteiger partial charge on any atom is -0.486 e. The molecule has 0 aromatic heterocycles. The number of aliphatic hydroxyl groups is 1. The van der Waals surface area contributed by atoms with Crippen LogP contribution in [0.15, 0.2) is 22.7 Å². The van der Waals surface area contributed by atoms with E-state index in [1.807, 2.05) is 6.92 Å². The van der Waals surface area contributed by atoms with Crippen LogP contribution in [0, 0.1) is 0 Å². The Hall–Kier alpha value is -0.290. The Labute approximate surface area is 114 Å². The maximum absolute atomic E-state index is 9.56. The number of rotatable bonds is 4. The van der Waals surface area contributed by atoms with Gasteiger partial charge in [0.15, 0.2) is 0 Å². The quantitative estimate of drug-likeness (QED) is 0.926. The fraction of sp³-hybridized carbons (Fsp3) is 0.500. The van der Waals surface area contributed by atoms with Crippen molar-refractivity contribution in [2.24, 2.45) is 0 Å². The summed E-state index contributed by atoms with van der Waals surface area (Å²) < 4.78 is 12.0. The summed E-state index contributed by atoms with van der Waals surface area (Å²) in [6.45, 7) is 2.48. The van der Waals surface area contributed by atoms with E-state index in [1.165, 1.54) is 0 Å². The van der Waals surface area contributed by atoms with Crippen molar-refractivity contribution in [1.29, 1.82) is 0 Å². The summed E-state index contributed by atoms with van der Waals surface area (Å²) >= 11 is 9.24. The third-order valence-corrected chi connectivity index (χ3v) is 3.61. The van der Waals surface area contributed by atoms with Crippen molar-refractivity contribution in [1.82, 2.24) is 0 Å². The fourth-order valence-corrected chi connectivity index (χ4v) is 2.59. The van der Waals surface area contributed by atoms with Crippen LogP contribution in [-0.4, -0.2) is 30.0 Å². The lowest BCUT2D eigenvalue weighted by Crippen LogP contribution is -2.55. The summed E-state index contributed by atoms with van der Waals surface area (Å²) in [5, 5.41) is 10.2. The third-order valence-electron chi connectivity index (χ3n) is 2.75. The fourth-order valence-electron chi connectivity index (χ4n) is 1.82. The molecule has 0 radical (unpaired) electrons. The number of hydrogen-bond acceptors (Lipinski definition) is 3. The standard InChI is InChI=1S/C12H14BrClO3/c1-2-16-12-9(15)6-11(12)17-10-4-3-7(14)5-8(10)13/h3-5,9,11-12,15H,2,6H2,1H3. The highest BCUT2D eigenvalue weighted by Crippen LogP contribution is 2.34. The first kappa shape index (κ1) is 13.1. The molecule has 2 rings (SSSR count). The second kappa shape index (κ2) is 5.57. The first-order valence-electron chi connectivity index (χ1n) is 5.53. The molecule has 0 bridgehead atoms. The summed E-state index contributed by atoms with van der Waals surface area (Å²) in [7, 11) is 0. The van der Waals surface area contributed by atoms with Crippen LogP contribution in [0.2, 0.25) is 5.02 Å². The molecule has 1 aromatic carbocycles. The molecule has 1 N–H and O–H groups in total. The molecule has 17 heavy (non-hydrogen) atoms. The first-order valence-corrected chi connectivity index (χ1v) is 6.70. The van der Waals surface area contributed by atoms with E-state index < -0.39 is 6.10 Å². The van der Waals surface area contributed by atoms with Crippen molar-refractivity contribution in [3.05, 3.63) is 27.7 Å². The van der Waals surface area contributed by atoms with Gasteiger partial charge in [-0.1, -0.05) is 11.6 Å². The van der Waals surface area contributed by atoms with Gasteiger partial charge in [0.2, 0.25) is 0 Å². The van der Waals surface area contributed by atoms with Crippen molar-refractivity contribution in [2.45, 2.75) is 31.7 Å². The second-order valence-electron chi connectivity index (χ2n) is 3.95. The minimum absolute atomic E-state index is 0.0950. The highest BCUT2D eigenvalue weighted by atomic mass is 79.9. The molecule has 0 amide bonds. The topological polar surface area (TPSA) is 38.7 Å². The molecule has 0 aliphatic heterocycles. The van der Waals surface area contributed by atoms with Gasteiger partial charge in [-0.3, -0.25) is 0 Å². The molecule has 3 atom stereocenters. The van der Waals surface area contributed by atoms with E-state index in [2.05, 4.69) is 15.9 Å². The van der Waals surface area contributed by atoms with Crippen LogP contribution in [0.5, 0.6) is 5.75 Å². The van der Waals surface area contributed by atoms with E-state index in [1.54, 1.807) is 18.2 Å². The van der Waals surface area contributed by atoms with Gasteiger partial charge in [-0.25, -0.2) is 0 Å². The van der Waals surface area contributed by atoms with Crippen LogP contribution in [0.3, 0.4) is 0 Å². The summed E-state index contributed by atoms with van der Waals surface area (Å²) in [4.78, 5) is 0. The van der Waals surface area contributed by atoms with Gasteiger partial charge >= 0.3 is 0 Å². The van der Waals surface area contributed by atoms with Crippen LogP contribution in [0.4, 0.5) is 0 Å². The van der Waals surface area contributed by atoms with Gasteiger partial charge in [-0.2, -0.15) is 0 Å². The highest BCUT2D eigenvalue weighted by molar-refractivity contribution is 9.10. The molecule has 1 saturated carbocycles. The molecule has 5 heteroatoms. The minimum atomic E-state index is -0.425. The largest absolute Gasteiger partial charge is 0.486 e. The lowest BCUT2D eigenvalue weighted by molar-refractivity contribution is -0.160. The van der Waals surface area contributed by atoms with Gasteiger partial charge < -0.3 is 14.6 Å². The molecule has 94 valence electrons. The molecule has 1 aliphatic rings. The van der Waals surface area contributed by atoms with Crippen molar-refractivity contribution in [2.75, 3.05) is 6.61 Å². The van der Waals surface area contributed by atoms with Gasteiger partial charge in [0.1, 0.15) is 18.0 Å². The maximum Gasteiger partial charge on any atom is 0.134 e. The Morgan fingerprint density at radius 3 is 2.88 bits per heavy atom. The van der Waals surface area contributed by atoms with Gasteiger partial charge in [0, 0.05) is 18.1 Å². The number of benzene rings is 1. The van der Waals surface area contributed by atoms with Gasteiger partial charge in [0.25, 0.3) is 0 Å². The zero-order valence-corrected chi connectivity index (χ0v) is 11.7. The number of aliphatic hydroxyl groups excluding tert-OH is 1. The molecule has 1 aliphatic carbocycles. The van der Waals surface area contributed by atoms with Crippen LogP contribution < -0.4 is 4.74 Å². The van der Waals surface area contributed by atoms with Crippen LogP contribution in [-0.2, 0) is 4.74 Å². The zero-order valence-electron chi connectivity index (χ0n) is 9.40. The SMILES string of the molecule is CCOC1C(O)CC1Oc1ccc(Cl)cc1Br. The van der Waals surface area contributed by atoms with Crippen LogP contribution >= 0.6 is 27.5 Å². The molecule has 1 fully saturated rings. The van der Waals surface area contributed by atoms with Crippen molar-refractivity contribution >= 4 is 27.5 Å². The Morgan fingerprint density at radius 2 is 2.29 bits per heavy atom. The van der Waals surface area contributed by atoms with Gasteiger partial charge in [0.05, 0.1) is 10.6 Å². The number of ether oxygens (including phenoxy) is 2. The normalized spacial score (nSPS) is 27.6. The highest BCUT2D eigenvalue weighted by Gasteiger charge is 2.42. The average Bonchev–Trinajstić information content (AvgIpc) is 2.28. The number of hydrogen-bond donors (Lipinski definition) is 1. The molecule has 3 nitrogen and oxygen atoms in total.